The summed E-state index contributed by atoms with van der Waals surface area (Å²) in [5.41, 5.74) is 0.687. The molecule has 0 aliphatic rings. The van der Waals surface area contributed by atoms with Crippen molar-refractivity contribution in [2.75, 3.05) is 0 Å². The fourth-order valence-electron chi connectivity index (χ4n) is 1.56. The Kier molecular flexibility index (Phi) is 4.22. The minimum absolute atomic E-state index is 0.103. The molecule has 0 spiro atoms. The van der Waals surface area contributed by atoms with E-state index >= 15 is 0 Å². The van der Waals surface area contributed by atoms with E-state index in [-0.39, 0.29) is 11.1 Å². The molecule has 0 radical (unpaired) electrons. The lowest BCUT2D eigenvalue weighted by molar-refractivity contribution is 0.112. The van der Waals surface area contributed by atoms with Gasteiger partial charge in [0.1, 0.15) is 6.29 Å². The van der Waals surface area contributed by atoms with Crippen LogP contribution in [0.5, 0.6) is 0 Å². The maximum Gasteiger partial charge on any atom is 0.166 e. The van der Waals surface area contributed by atoms with E-state index in [0.29, 0.717) is 11.8 Å². The highest BCUT2D eigenvalue weighted by Gasteiger charge is 2.11. The number of carbonyl (C=O) groups excluding carboxylic acids is 1. The van der Waals surface area contributed by atoms with E-state index in [4.69, 9.17) is 0 Å². The van der Waals surface area contributed by atoms with Crippen molar-refractivity contribution in [1.29, 1.82) is 0 Å². The zero-order valence-corrected chi connectivity index (χ0v) is 11.3. The van der Waals surface area contributed by atoms with Crippen molar-refractivity contribution in [3.63, 3.8) is 0 Å². The number of halogens is 3. The van der Waals surface area contributed by atoms with Gasteiger partial charge in [0.25, 0.3) is 0 Å². The highest BCUT2D eigenvalue weighted by atomic mass is 79.9. The molecule has 0 atom stereocenters. The van der Waals surface area contributed by atoms with E-state index in [9.17, 15) is 13.6 Å². The highest BCUT2D eigenvalue weighted by Crippen LogP contribution is 2.29. The fraction of sp³-hybridized carbons (Fsp3) is 0. The number of hydrogen-bond donors (Lipinski definition) is 0. The molecule has 0 fully saturated rings. The van der Waals surface area contributed by atoms with Crippen LogP contribution in [0.2, 0.25) is 0 Å². The van der Waals surface area contributed by atoms with Gasteiger partial charge in [0.15, 0.2) is 11.7 Å². The number of benzene rings is 2. The van der Waals surface area contributed by atoms with Gasteiger partial charge in [-0.1, -0.05) is 52.3 Å². The molecule has 0 aliphatic carbocycles. The van der Waals surface area contributed by atoms with E-state index in [2.05, 4.69) is 15.9 Å². The van der Waals surface area contributed by atoms with Crippen LogP contribution >= 0.6 is 15.9 Å². The van der Waals surface area contributed by atoms with Crippen molar-refractivity contribution >= 4 is 33.9 Å². The summed E-state index contributed by atoms with van der Waals surface area (Å²) < 4.78 is 28.7. The molecule has 0 aromatic heterocycles. The molecule has 0 aliphatic heterocycles. The highest BCUT2D eigenvalue weighted by molar-refractivity contribution is 9.10. The topological polar surface area (TPSA) is 17.1 Å². The van der Waals surface area contributed by atoms with Crippen molar-refractivity contribution in [3.8, 4) is 0 Å². The Morgan fingerprint density at radius 1 is 0.842 bits per heavy atom. The lowest BCUT2D eigenvalue weighted by atomic mass is 10.1. The monoisotopic (exact) mass is 322 g/mol. The Bertz CT molecular complexity index is 616. The van der Waals surface area contributed by atoms with Gasteiger partial charge in [-0.15, -0.1) is 0 Å². The van der Waals surface area contributed by atoms with Gasteiger partial charge in [-0.3, -0.25) is 4.79 Å². The normalized spacial score (nSPS) is 11.9. The van der Waals surface area contributed by atoms with Gasteiger partial charge in [-0.2, -0.15) is 0 Å². The third-order valence-electron chi connectivity index (χ3n) is 2.59. The van der Waals surface area contributed by atoms with Crippen LogP contribution in [0.4, 0.5) is 8.78 Å². The third-order valence-corrected chi connectivity index (χ3v) is 3.12. The van der Waals surface area contributed by atoms with Crippen molar-refractivity contribution in [2.24, 2.45) is 0 Å². The first-order valence-electron chi connectivity index (χ1n) is 5.48. The Hall–Kier alpha value is -1.81. The first-order chi connectivity index (χ1) is 9.11. The van der Waals surface area contributed by atoms with E-state index in [1.807, 2.05) is 0 Å². The first-order valence-corrected chi connectivity index (χ1v) is 6.28. The zero-order chi connectivity index (χ0) is 13.8. The second kappa shape index (κ2) is 5.89. The molecular formula is C15H9BrF2O. The second-order valence-electron chi connectivity index (χ2n) is 3.87. The van der Waals surface area contributed by atoms with Crippen LogP contribution in [-0.2, 0) is 0 Å². The summed E-state index contributed by atoms with van der Waals surface area (Å²) >= 11 is 3.23. The van der Waals surface area contributed by atoms with Crippen molar-refractivity contribution in [2.45, 2.75) is 0 Å². The molecule has 0 saturated carbocycles. The molecule has 0 amide bonds. The van der Waals surface area contributed by atoms with Gasteiger partial charge in [-0.25, -0.2) is 8.78 Å². The predicted octanol–water partition coefficient (Wildman–Crippen LogP) is 5.03. The molecule has 96 valence electrons. The number of aldehydes is 1. The maximum atomic E-state index is 14.0. The predicted molar refractivity (Wildman–Crippen MR) is 75.0 cm³/mol. The largest absolute Gasteiger partial charge is 0.298 e. The van der Waals surface area contributed by atoms with Gasteiger partial charge < -0.3 is 0 Å². The van der Waals surface area contributed by atoms with E-state index < -0.39 is 11.7 Å². The summed E-state index contributed by atoms with van der Waals surface area (Å²) in [6.07, 6.45) is 0.649. The molecule has 19 heavy (non-hydrogen) atoms. The Balaban J connectivity index is 2.38. The van der Waals surface area contributed by atoms with E-state index in [1.165, 1.54) is 36.4 Å². The summed E-state index contributed by atoms with van der Waals surface area (Å²) in [7, 11) is 0. The molecule has 2 aromatic carbocycles. The average Bonchev–Trinajstić information content (AvgIpc) is 2.46. The first kappa shape index (κ1) is 13.6. The van der Waals surface area contributed by atoms with Gasteiger partial charge >= 0.3 is 0 Å². The van der Waals surface area contributed by atoms with Gasteiger partial charge in [0.2, 0.25) is 0 Å². The van der Waals surface area contributed by atoms with Crippen LogP contribution in [0.3, 0.4) is 0 Å². The average molecular weight is 323 g/mol. The third kappa shape index (κ3) is 3.15. The summed E-state index contributed by atoms with van der Waals surface area (Å²) in [6, 6.07) is 11.9. The Morgan fingerprint density at radius 2 is 1.26 bits per heavy atom. The van der Waals surface area contributed by atoms with Crippen LogP contribution < -0.4 is 0 Å². The smallest absolute Gasteiger partial charge is 0.166 e. The molecule has 2 rings (SSSR count). The number of rotatable bonds is 3. The fourth-order valence-corrected chi connectivity index (χ4v) is 1.82. The lowest BCUT2D eigenvalue weighted by Gasteiger charge is -2.03. The maximum absolute atomic E-state index is 14.0. The molecule has 0 bridgehead atoms. The summed E-state index contributed by atoms with van der Waals surface area (Å²) in [5, 5.41) is 0. The van der Waals surface area contributed by atoms with Gasteiger partial charge in [0, 0.05) is 21.2 Å². The molecular weight excluding hydrogens is 314 g/mol. The molecule has 0 saturated heterocycles. The van der Waals surface area contributed by atoms with Crippen molar-refractivity contribution in [3.05, 3.63) is 69.7 Å². The van der Waals surface area contributed by atoms with Crippen molar-refractivity contribution in [1.82, 2.24) is 0 Å². The SMILES string of the molecule is O=Cc1ccc(/C(F)=C(\F)c2ccc(Br)cc2)cc1. The van der Waals surface area contributed by atoms with Crippen molar-refractivity contribution < 1.29 is 13.6 Å². The Labute approximate surface area is 117 Å². The summed E-state index contributed by atoms with van der Waals surface area (Å²) in [6.45, 7) is 0. The lowest BCUT2D eigenvalue weighted by Crippen LogP contribution is -1.86. The van der Waals surface area contributed by atoms with Crippen LogP contribution in [0.1, 0.15) is 21.5 Å². The number of hydrogen-bond acceptors (Lipinski definition) is 1. The van der Waals surface area contributed by atoms with Crippen LogP contribution in [0, 0.1) is 0 Å². The number of carbonyl (C=O) groups is 1. The minimum atomic E-state index is -0.945. The van der Waals surface area contributed by atoms with Gasteiger partial charge in [0.05, 0.1) is 0 Å². The molecule has 4 heteroatoms. The quantitative estimate of drug-likeness (QED) is 0.572. The Morgan fingerprint density at radius 3 is 1.68 bits per heavy atom. The standard InChI is InChI=1S/C15H9BrF2O/c16-13-7-5-12(6-8-13)15(18)14(17)11-3-1-10(9-19)2-4-11/h1-9H/b15-14+. The molecule has 0 heterocycles. The minimum Gasteiger partial charge on any atom is -0.298 e. The molecule has 0 unspecified atom stereocenters. The molecule has 0 N–H and O–H groups in total. The summed E-state index contributed by atoms with van der Waals surface area (Å²) in [5.74, 6) is -1.87. The molecule has 1 nitrogen and oxygen atoms in total. The van der Waals surface area contributed by atoms with Crippen LogP contribution in [0.15, 0.2) is 53.0 Å². The van der Waals surface area contributed by atoms with E-state index in [0.717, 1.165) is 4.47 Å². The zero-order valence-electron chi connectivity index (χ0n) is 9.74. The van der Waals surface area contributed by atoms with Crippen LogP contribution in [0.25, 0.3) is 11.7 Å². The van der Waals surface area contributed by atoms with E-state index in [1.54, 1.807) is 12.1 Å². The van der Waals surface area contributed by atoms with Gasteiger partial charge in [-0.05, 0) is 12.1 Å². The second-order valence-corrected chi connectivity index (χ2v) is 4.79. The van der Waals surface area contributed by atoms with Crippen LogP contribution in [-0.4, -0.2) is 6.29 Å². The molecule has 2 aromatic rings. The summed E-state index contributed by atoms with van der Waals surface area (Å²) in [4.78, 5) is 10.5.